The summed E-state index contributed by atoms with van der Waals surface area (Å²) in [6.45, 7) is 19.4. The zero-order valence-corrected chi connectivity index (χ0v) is 23.4. The van der Waals surface area contributed by atoms with Crippen LogP contribution in [0.1, 0.15) is 120 Å². The molecule has 0 spiro atoms. The number of hydrogen-bond donors (Lipinski definition) is 0. The van der Waals surface area contributed by atoms with E-state index in [1.165, 1.54) is 76.5 Å². The molecule has 1 aromatic carbocycles. The van der Waals surface area contributed by atoms with Crippen LogP contribution in [0.4, 0.5) is 0 Å². The minimum absolute atomic E-state index is 0.0324. The van der Waals surface area contributed by atoms with E-state index in [1.54, 1.807) is 5.30 Å². The molecule has 0 fully saturated rings. The minimum Gasteiger partial charge on any atom is -0.0753 e. The van der Waals surface area contributed by atoms with Crippen molar-refractivity contribution >= 4 is 13.2 Å². The maximum absolute atomic E-state index is 2.51. The molecule has 0 saturated carbocycles. The van der Waals surface area contributed by atoms with Gasteiger partial charge in [-0.25, -0.2) is 0 Å². The molecule has 0 aromatic heterocycles. The highest BCUT2D eigenvalue weighted by atomic mass is 31.1. The van der Waals surface area contributed by atoms with Crippen molar-refractivity contribution in [3.63, 3.8) is 0 Å². The predicted octanol–water partition coefficient (Wildman–Crippen LogP) is 10.1. The van der Waals surface area contributed by atoms with Gasteiger partial charge in [0.2, 0.25) is 0 Å². The van der Waals surface area contributed by atoms with Gasteiger partial charge in [-0.15, -0.1) is 0 Å². The van der Waals surface area contributed by atoms with E-state index in [-0.39, 0.29) is 7.92 Å². The van der Waals surface area contributed by atoms with E-state index < -0.39 is 0 Å². The van der Waals surface area contributed by atoms with Crippen molar-refractivity contribution in [1.82, 2.24) is 0 Å². The van der Waals surface area contributed by atoms with Gasteiger partial charge in [0, 0.05) is 0 Å². The molecule has 0 bridgehead atoms. The van der Waals surface area contributed by atoms with Crippen LogP contribution in [0.5, 0.6) is 0 Å². The van der Waals surface area contributed by atoms with Gasteiger partial charge in [0.1, 0.15) is 0 Å². The van der Waals surface area contributed by atoms with Crippen molar-refractivity contribution in [2.24, 2.45) is 22.7 Å². The standard InChI is InChI=1S/C30H55P/c1-9-26(24-29(7,11-3)12-4)20-22-31(28-18-16-15-17-19-28)23-21-27(10-2)25-30(8,13-5)14-6/h15-19,26-27H,9-14,20-25H2,1-8H3. The summed E-state index contributed by atoms with van der Waals surface area (Å²) in [5.74, 6) is 1.79. The molecule has 0 amide bonds. The van der Waals surface area contributed by atoms with Gasteiger partial charge in [0.05, 0.1) is 0 Å². The first-order valence-corrected chi connectivity index (χ1v) is 15.3. The van der Waals surface area contributed by atoms with Crippen LogP contribution in [-0.4, -0.2) is 12.3 Å². The van der Waals surface area contributed by atoms with E-state index in [0.717, 1.165) is 11.8 Å². The minimum atomic E-state index is -0.0324. The first kappa shape index (κ1) is 28.7. The van der Waals surface area contributed by atoms with E-state index >= 15 is 0 Å². The molecule has 31 heavy (non-hydrogen) atoms. The highest BCUT2D eigenvalue weighted by Crippen LogP contribution is 2.43. The molecule has 0 aliphatic rings. The van der Waals surface area contributed by atoms with Crippen molar-refractivity contribution in [3.05, 3.63) is 30.3 Å². The topological polar surface area (TPSA) is 0 Å². The van der Waals surface area contributed by atoms with Crippen LogP contribution in [0.25, 0.3) is 0 Å². The van der Waals surface area contributed by atoms with Crippen LogP contribution in [0, 0.1) is 22.7 Å². The maximum Gasteiger partial charge on any atom is -0.0240 e. The van der Waals surface area contributed by atoms with Crippen molar-refractivity contribution < 1.29 is 0 Å². The van der Waals surface area contributed by atoms with E-state index in [1.807, 2.05) is 0 Å². The fourth-order valence-electron chi connectivity index (χ4n) is 5.06. The molecular formula is C30H55P. The van der Waals surface area contributed by atoms with E-state index in [4.69, 9.17) is 0 Å². The van der Waals surface area contributed by atoms with E-state index in [2.05, 4.69) is 85.7 Å². The average molecular weight is 447 g/mol. The Balaban J connectivity index is 2.82. The molecule has 0 radical (unpaired) electrons. The summed E-state index contributed by atoms with van der Waals surface area (Å²) < 4.78 is 0. The Labute approximate surface area is 198 Å². The Morgan fingerprint density at radius 3 is 1.35 bits per heavy atom. The molecule has 0 saturated heterocycles. The smallest absolute Gasteiger partial charge is 0.0240 e. The Hall–Kier alpha value is -0.350. The molecule has 0 N–H and O–H groups in total. The molecular weight excluding hydrogens is 391 g/mol. The lowest BCUT2D eigenvalue weighted by Crippen LogP contribution is -2.21. The first-order chi connectivity index (χ1) is 14.8. The average Bonchev–Trinajstić information content (AvgIpc) is 2.82. The van der Waals surface area contributed by atoms with Gasteiger partial charge in [-0.2, -0.15) is 0 Å². The third kappa shape index (κ3) is 9.98. The summed E-state index contributed by atoms with van der Waals surface area (Å²) in [6, 6.07) is 11.5. The van der Waals surface area contributed by atoms with Crippen LogP contribution >= 0.6 is 7.92 Å². The zero-order chi connectivity index (χ0) is 23.3. The third-order valence-electron chi connectivity index (χ3n) is 8.87. The SMILES string of the molecule is CCC(CCP(CCC(CC)CC(C)(CC)CC)c1ccccc1)CC(C)(CC)CC. The fraction of sp³-hybridized carbons (Fsp3) is 0.800. The normalized spacial score (nSPS) is 15.6. The van der Waals surface area contributed by atoms with Gasteiger partial charge in [0.25, 0.3) is 0 Å². The Morgan fingerprint density at radius 1 is 0.645 bits per heavy atom. The second-order valence-electron chi connectivity index (χ2n) is 10.9. The summed E-state index contributed by atoms with van der Waals surface area (Å²) in [7, 11) is -0.0324. The quantitative estimate of drug-likeness (QED) is 0.209. The molecule has 0 nitrogen and oxygen atoms in total. The number of rotatable bonds is 17. The van der Waals surface area contributed by atoms with Gasteiger partial charge in [-0.05, 0) is 66.0 Å². The van der Waals surface area contributed by atoms with Gasteiger partial charge in [-0.1, -0.05) is 132 Å². The molecule has 180 valence electrons. The predicted molar refractivity (Wildman–Crippen MR) is 146 cm³/mol. The monoisotopic (exact) mass is 446 g/mol. The van der Waals surface area contributed by atoms with Crippen LogP contribution in [0.2, 0.25) is 0 Å². The molecule has 1 aromatic rings. The Morgan fingerprint density at radius 2 is 1.03 bits per heavy atom. The Bertz CT molecular complexity index is 523. The second kappa shape index (κ2) is 14.7. The molecule has 0 aliphatic heterocycles. The summed E-state index contributed by atoms with van der Waals surface area (Å²) in [6.07, 6.45) is 16.5. The highest BCUT2D eigenvalue weighted by molar-refractivity contribution is 7.65. The zero-order valence-electron chi connectivity index (χ0n) is 22.5. The molecule has 2 atom stereocenters. The first-order valence-electron chi connectivity index (χ1n) is 13.6. The van der Waals surface area contributed by atoms with Crippen LogP contribution < -0.4 is 5.30 Å². The van der Waals surface area contributed by atoms with Crippen LogP contribution in [-0.2, 0) is 0 Å². The van der Waals surface area contributed by atoms with Gasteiger partial charge >= 0.3 is 0 Å². The van der Waals surface area contributed by atoms with Gasteiger partial charge in [0.15, 0.2) is 0 Å². The molecule has 1 rings (SSSR count). The lowest BCUT2D eigenvalue weighted by molar-refractivity contribution is 0.213. The largest absolute Gasteiger partial charge is 0.0753 e. The van der Waals surface area contributed by atoms with Gasteiger partial charge < -0.3 is 0 Å². The lowest BCUT2D eigenvalue weighted by atomic mass is 9.75. The maximum atomic E-state index is 2.51. The molecule has 0 aliphatic carbocycles. The third-order valence-corrected chi connectivity index (χ3v) is 11.5. The fourth-order valence-corrected chi connectivity index (χ4v) is 7.75. The number of hydrogen-bond acceptors (Lipinski definition) is 0. The number of benzene rings is 1. The molecule has 2 unspecified atom stereocenters. The molecule has 1 heteroatoms. The highest BCUT2D eigenvalue weighted by Gasteiger charge is 2.26. The summed E-state index contributed by atoms with van der Waals surface area (Å²) in [4.78, 5) is 0. The summed E-state index contributed by atoms with van der Waals surface area (Å²) in [5, 5.41) is 1.64. The van der Waals surface area contributed by atoms with Crippen molar-refractivity contribution in [2.75, 3.05) is 12.3 Å². The summed E-state index contributed by atoms with van der Waals surface area (Å²) in [5.41, 5.74) is 1.07. The Kier molecular flexibility index (Phi) is 13.6. The lowest BCUT2D eigenvalue weighted by Gasteiger charge is -2.33. The van der Waals surface area contributed by atoms with Crippen molar-refractivity contribution in [3.8, 4) is 0 Å². The van der Waals surface area contributed by atoms with E-state index in [9.17, 15) is 0 Å². The second-order valence-corrected chi connectivity index (χ2v) is 13.4. The van der Waals surface area contributed by atoms with Crippen molar-refractivity contribution in [2.45, 2.75) is 120 Å². The summed E-state index contributed by atoms with van der Waals surface area (Å²) >= 11 is 0. The van der Waals surface area contributed by atoms with E-state index in [0.29, 0.717) is 10.8 Å². The van der Waals surface area contributed by atoms with Gasteiger partial charge in [-0.3, -0.25) is 0 Å². The van der Waals surface area contributed by atoms with Crippen LogP contribution in [0.15, 0.2) is 30.3 Å². The molecule has 0 heterocycles. The van der Waals surface area contributed by atoms with Crippen LogP contribution in [0.3, 0.4) is 0 Å². The van der Waals surface area contributed by atoms with Crippen molar-refractivity contribution in [1.29, 1.82) is 0 Å².